The Hall–Kier alpha value is -3.40. The second kappa shape index (κ2) is 8.27. The fraction of sp³-hybridized carbons (Fsp3) is 0.364. The van der Waals surface area contributed by atoms with Crippen molar-refractivity contribution in [3.05, 3.63) is 35.1 Å². The molecule has 1 aromatic carbocycles. The number of aromatic nitrogens is 4. The molecule has 0 bridgehead atoms. The number of methoxy groups -OCH3 is 1. The van der Waals surface area contributed by atoms with Gasteiger partial charge in [-0.1, -0.05) is 0 Å². The van der Waals surface area contributed by atoms with E-state index in [0.717, 1.165) is 45.5 Å². The van der Waals surface area contributed by atoms with E-state index >= 15 is 0 Å². The minimum absolute atomic E-state index is 0.0492. The molecule has 1 atom stereocenters. The highest BCUT2D eigenvalue weighted by Gasteiger charge is 2.27. The smallest absolute Gasteiger partial charge is 0.407 e. The number of amides is 1. The number of carbonyl (C=O) groups is 1. The lowest BCUT2D eigenvalue weighted by Crippen LogP contribution is -2.35. The largest absolute Gasteiger partial charge is 0.494 e. The highest BCUT2D eigenvalue weighted by atomic mass is 32.1. The molecule has 9 nitrogen and oxygen atoms in total. The van der Waals surface area contributed by atoms with E-state index in [-0.39, 0.29) is 18.2 Å². The molecule has 1 unspecified atom stereocenters. The molecule has 0 aliphatic heterocycles. The van der Waals surface area contributed by atoms with E-state index in [4.69, 9.17) is 9.47 Å². The van der Waals surface area contributed by atoms with Crippen molar-refractivity contribution in [1.82, 2.24) is 25.5 Å². The van der Waals surface area contributed by atoms with Gasteiger partial charge < -0.3 is 20.1 Å². The van der Waals surface area contributed by atoms with Gasteiger partial charge in [-0.25, -0.2) is 14.8 Å². The predicted octanol–water partition coefficient (Wildman–Crippen LogP) is 4.31. The fourth-order valence-corrected chi connectivity index (χ4v) is 5.31. The number of aromatic amines is 1. The lowest BCUT2D eigenvalue weighted by molar-refractivity contribution is 0.0885. The highest BCUT2D eigenvalue weighted by molar-refractivity contribution is 7.19. The van der Waals surface area contributed by atoms with Gasteiger partial charge in [0.1, 0.15) is 28.8 Å². The van der Waals surface area contributed by atoms with Crippen molar-refractivity contribution in [2.24, 2.45) is 0 Å². The number of hydrogen-bond acceptors (Lipinski definition) is 8. The Labute approximate surface area is 188 Å². The Morgan fingerprint density at radius 3 is 3.00 bits per heavy atom. The molecule has 0 saturated carbocycles. The average molecular weight is 453 g/mol. The van der Waals surface area contributed by atoms with Gasteiger partial charge in [0.2, 0.25) is 0 Å². The number of rotatable bonds is 5. The van der Waals surface area contributed by atoms with Crippen LogP contribution in [0.15, 0.2) is 24.7 Å². The standard InChI is InChI=1S/C22H24N6O3S/c1-11(2)26-22(29)31-13-4-5-14-18(7-13)32-21-19(14)20(23-10-24-21)27-16-6-12-9-25-28-15(12)8-17(16)30-3/h6,8-11,13H,4-5,7H2,1-3H3,(H,25,28)(H,26,29)(H,23,24,27). The van der Waals surface area contributed by atoms with Gasteiger partial charge >= 0.3 is 6.09 Å². The van der Waals surface area contributed by atoms with Crippen LogP contribution in [0.25, 0.3) is 21.1 Å². The van der Waals surface area contributed by atoms with Gasteiger partial charge in [-0.3, -0.25) is 5.10 Å². The van der Waals surface area contributed by atoms with E-state index in [0.29, 0.717) is 12.2 Å². The first kappa shape index (κ1) is 20.5. The van der Waals surface area contributed by atoms with E-state index < -0.39 is 0 Å². The van der Waals surface area contributed by atoms with Crippen LogP contribution in [0.1, 0.15) is 30.7 Å². The maximum atomic E-state index is 12.0. The zero-order chi connectivity index (χ0) is 22.2. The molecular formula is C22H24N6O3S. The summed E-state index contributed by atoms with van der Waals surface area (Å²) >= 11 is 1.63. The zero-order valence-corrected chi connectivity index (χ0v) is 18.9. The van der Waals surface area contributed by atoms with Crippen LogP contribution in [0.2, 0.25) is 0 Å². The maximum absolute atomic E-state index is 12.0. The molecule has 3 heterocycles. The molecule has 0 saturated heterocycles. The van der Waals surface area contributed by atoms with Gasteiger partial charge in [0.05, 0.1) is 29.9 Å². The van der Waals surface area contributed by atoms with E-state index in [9.17, 15) is 4.79 Å². The molecule has 1 amide bonds. The van der Waals surface area contributed by atoms with E-state index in [1.807, 2.05) is 26.0 Å². The maximum Gasteiger partial charge on any atom is 0.407 e. The molecule has 5 rings (SSSR count). The van der Waals surface area contributed by atoms with Crippen molar-refractivity contribution >= 4 is 50.1 Å². The SMILES string of the molecule is COc1cc2[nH]ncc2cc1Nc1ncnc2sc3c(c12)CCC(OC(=O)NC(C)C)C3. The van der Waals surface area contributed by atoms with Crippen LogP contribution in [0, 0.1) is 0 Å². The molecule has 166 valence electrons. The molecule has 3 N–H and O–H groups in total. The van der Waals surface area contributed by atoms with Crippen molar-refractivity contribution in [2.45, 2.75) is 45.3 Å². The van der Waals surface area contributed by atoms with Gasteiger partial charge in [-0.2, -0.15) is 5.10 Å². The molecule has 3 aromatic heterocycles. The van der Waals surface area contributed by atoms with Crippen LogP contribution in [-0.4, -0.2) is 45.5 Å². The Balaban J connectivity index is 1.45. The summed E-state index contributed by atoms with van der Waals surface area (Å²) in [5, 5.41) is 15.3. The summed E-state index contributed by atoms with van der Waals surface area (Å²) in [7, 11) is 1.64. The van der Waals surface area contributed by atoms with Crippen LogP contribution in [0.3, 0.4) is 0 Å². The average Bonchev–Trinajstić information content (AvgIpc) is 3.36. The summed E-state index contributed by atoms with van der Waals surface area (Å²) in [5.41, 5.74) is 2.94. The fourth-order valence-electron chi connectivity index (χ4n) is 4.06. The van der Waals surface area contributed by atoms with Crippen LogP contribution in [-0.2, 0) is 17.6 Å². The number of nitrogens with zero attached hydrogens (tertiary/aromatic N) is 3. The van der Waals surface area contributed by atoms with Crippen LogP contribution in [0.5, 0.6) is 5.75 Å². The quantitative estimate of drug-likeness (QED) is 0.413. The first-order chi connectivity index (χ1) is 15.5. The molecule has 0 fully saturated rings. The number of thiophene rings is 1. The van der Waals surface area contributed by atoms with Crippen molar-refractivity contribution in [3.8, 4) is 5.75 Å². The first-order valence-corrected chi connectivity index (χ1v) is 11.3. The molecule has 32 heavy (non-hydrogen) atoms. The summed E-state index contributed by atoms with van der Waals surface area (Å²) in [6.45, 7) is 3.83. The summed E-state index contributed by atoms with van der Waals surface area (Å²) < 4.78 is 11.2. The minimum atomic E-state index is -0.363. The number of carbonyl (C=O) groups excluding carboxylic acids is 1. The molecule has 4 aromatic rings. The Morgan fingerprint density at radius 2 is 2.19 bits per heavy atom. The third kappa shape index (κ3) is 3.81. The predicted molar refractivity (Wildman–Crippen MR) is 124 cm³/mol. The Morgan fingerprint density at radius 1 is 1.31 bits per heavy atom. The van der Waals surface area contributed by atoms with E-state index in [2.05, 4.69) is 30.8 Å². The van der Waals surface area contributed by atoms with Gasteiger partial charge in [0.15, 0.2) is 0 Å². The molecule has 10 heteroatoms. The topological polar surface area (TPSA) is 114 Å². The molecule has 0 spiro atoms. The lowest BCUT2D eigenvalue weighted by Gasteiger charge is -2.23. The number of fused-ring (bicyclic) bond motifs is 4. The van der Waals surface area contributed by atoms with Crippen molar-refractivity contribution in [3.63, 3.8) is 0 Å². The van der Waals surface area contributed by atoms with Gasteiger partial charge in [-0.15, -0.1) is 11.3 Å². The number of ether oxygens (including phenoxy) is 2. The first-order valence-electron chi connectivity index (χ1n) is 10.5. The number of aryl methyl sites for hydroxylation is 1. The van der Waals surface area contributed by atoms with E-state index in [1.165, 1.54) is 10.4 Å². The van der Waals surface area contributed by atoms with Gasteiger partial charge in [-0.05, 0) is 38.3 Å². The lowest BCUT2D eigenvalue weighted by atomic mass is 9.94. The van der Waals surface area contributed by atoms with Crippen molar-refractivity contribution < 1.29 is 14.3 Å². The van der Waals surface area contributed by atoms with Crippen LogP contribution in [0.4, 0.5) is 16.3 Å². The number of alkyl carbamates (subject to hydrolysis) is 1. The molecular weight excluding hydrogens is 428 g/mol. The number of hydrogen-bond donors (Lipinski definition) is 3. The van der Waals surface area contributed by atoms with E-state index in [1.54, 1.807) is 31.0 Å². The second-order valence-electron chi connectivity index (χ2n) is 8.11. The highest BCUT2D eigenvalue weighted by Crippen LogP contribution is 2.40. The Bertz CT molecular complexity index is 1300. The van der Waals surface area contributed by atoms with Crippen LogP contribution < -0.4 is 15.4 Å². The van der Waals surface area contributed by atoms with Crippen LogP contribution >= 0.6 is 11.3 Å². The normalized spacial score (nSPS) is 15.7. The van der Waals surface area contributed by atoms with Crippen molar-refractivity contribution in [1.29, 1.82) is 0 Å². The third-order valence-electron chi connectivity index (χ3n) is 5.49. The number of nitrogens with one attached hydrogen (secondary N) is 3. The van der Waals surface area contributed by atoms with Crippen molar-refractivity contribution in [2.75, 3.05) is 12.4 Å². The Kier molecular flexibility index (Phi) is 5.30. The summed E-state index contributed by atoms with van der Waals surface area (Å²) in [4.78, 5) is 23.2. The van der Waals surface area contributed by atoms with Gasteiger partial charge in [0.25, 0.3) is 0 Å². The number of anilines is 2. The molecule has 1 aliphatic carbocycles. The minimum Gasteiger partial charge on any atom is -0.494 e. The summed E-state index contributed by atoms with van der Waals surface area (Å²) in [6, 6.07) is 3.95. The molecule has 0 radical (unpaired) electrons. The summed E-state index contributed by atoms with van der Waals surface area (Å²) in [6.07, 6.45) is 5.10. The zero-order valence-electron chi connectivity index (χ0n) is 18.1. The second-order valence-corrected chi connectivity index (χ2v) is 9.19. The summed E-state index contributed by atoms with van der Waals surface area (Å²) in [5.74, 6) is 1.44. The number of H-pyrrole nitrogens is 1. The number of benzene rings is 1. The van der Waals surface area contributed by atoms with Gasteiger partial charge in [0, 0.05) is 28.8 Å². The monoisotopic (exact) mass is 452 g/mol. The third-order valence-corrected chi connectivity index (χ3v) is 6.66. The molecule has 1 aliphatic rings.